The van der Waals surface area contributed by atoms with Crippen molar-refractivity contribution in [2.45, 2.75) is 19.0 Å². The lowest BCUT2D eigenvalue weighted by atomic mass is 10.0. The van der Waals surface area contributed by atoms with Crippen LogP contribution in [0.1, 0.15) is 11.1 Å². The van der Waals surface area contributed by atoms with Gasteiger partial charge < -0.3 is 20.4 Å². The van der Waals surface area contributed by atoms with Gasteiger partial charge in [-0.05, 0) is 23.3 Å². The number of benzene rings is 2. The molecule has 126 valence electrons. The van der Waals surface area contributed by atoms with Crippen molar-refractivity contribution in [3.05, 3.63) is 65.7 Å². The highest BCUT2D eigenvalue weighted by Crippen LogP contribution is 2.13. The van der Waals surface area contributed by atoms with E-state index < -0.39 is 12.1 Å². The Morgan fingerprint density at radius 3 is 2.25 bits per heavy atom. The van der Waals surface area contributed by atoms with E-state index in [1.54, 1.807) is 19.2 Å². The third-order valence-electron chi connectivity index (χ3n) is 3.61. The van der Waals surface area contributed by atoms with Gasteiger partial charge in [-0.25, -0.2) is 4.79 Å². The summed E-state index contributed by atoms with van der Waals surface area (Å²) in [5, 5.41) is 20.6. The van der Waals surface area contributed by atoms with Gasteiger partial charge in [0.2, 0.25) is 5.91 Å². The fraction of sp³-hybridized carbons (Fsp3) is 0.222. The first kappa shape index (κ1) is 17.3. The monoisotopic (exact) mass is 328 g/mol. The molecule has 0 aliphatic carbocycles. The number of phenols is 1. The predicted molar refractivity (Wildman–Crippen MR) is 89.7 cm³/mol. The molecule has 0 aromatic heterocycles. The number of carbonyl (C=O) groups excluding carboxylic acids is 1. The molecule has 0 fully saturated rings. The quantitative estimate of drug-likeness (QED) is 0.758. The van der Waals surface area contributed by atoms with E-state index in [-0.39, 0.29) is 18.1 Å². The molecule has 0 saturated heterocycles. The van der Waals surface area contributed by atoms with E-state index in [9.17, 15) is 14.7 Å². The number of amides is 2. The van der Waals surface area contributed by atoms with Crippen molar-refractivity contribution < 1.29 is 19.8 Å². The number of hydrogen-bond acceptors (Lipinski definition) is 3. The molecule has 0 bridgehead atoms. The minimum Gasteiger partial charge on any atom is -0.508 e. The van der Waals surface area contributed by atoms with Gasteiger partial charge in [-0.3, -0.25) is 4.79 Å². The van der Waals surface area contributed by atoms with E-state index in [0.717, 1.165) is 11.1 Å². The Labute approximate surface area is 140 Å². The second-order valence-corrected chi connectivity index (χ2v) is 5.55. The third kappa shape index (κ3) is 5.01. The molecule has 0 unspecified atom stereocenters. The maximum atomic E-state index is 12.6. The summed E-state index contributed by atoms with van der Waals surface area (Å²) >= 11 is 0. The van der Waals surface area contributed by atoms with Gasteiger partial charge >= 0.3 is 6.09 Å². The smallest absolute Gasteiger partial charge is 0.405 e. The van der Waals surface area contributed by atoms with E-state index in [4.69, 9.17) is 5.11 Å². The first-order valence-corrected chi connectivity index (χ1v) is 7.52. The van der Waals surface area contributed by atoms with Gasteiger partial charge in [-0.2, -0.15) is 0 Å². The predicted octanol–water partition coefficient (Wildman–Crippen LogP) is 2.23. The molecule has 0 aliphatic rings. The Balaban J connectivity index is 2.09. The molecule has 24 heavy (non-hydrogen) atoms. The van der Waals surface area contributed by atoms with Gasteiger partial charge in [0, 0.05) is 20.0 Å². The topological polar surface area (TPSA) is 89.9 Å². The zero-order valence-corrected chi connectivity index (χ0v) is 13.3. The second kappa shape index (κ2) is 8.01. The molecule has 0 radical (unpaired) electrons. The van der Waals surface area contributed by atoms with Crippen LogP contribution in [0.5, 0.6) is 5.75 Å². The number of aromatic hydroxyl groups is 1. The van der Waals surface area contributed by atoms with Crippen LogP contribution in [0.15, 0.2) is 54.6 Å². The van der Waals surface area contributed by atoms with Crippen LogP contribution in [0.25, 0.3) is 0 Å². The number of phenolic OH excluding ortho intramolecular Hbond substituents is 1. The van der Waals surface area contributed by atoms with Crippen LogP contribution in [-0.2, 0) is 17.8 Å². The van der Waals surface area contributed by atoms with Crippen molar-refractivity contribution in [1.82, 2.24) is 10.2 Å². The number of hydrogen-bond donors (Lipinski definition) is 3. The van der Waals surface area contributed by atoms with Crippen molar-refractivity contribution in [3.63, 3.8) is 0 Å². The van der Waals surface area contributed by atoms with Gasteiger partial charge in [0.05, 0.1) is 0 Å². The van der Waals surface area contributed by atoms with Gasteiger partial charge in [-0.1, -0.05) is 42.5 Å². The lowest BCUT2D eigenvalue weighted by molar-refractivity contribution is -0.132. The first-order valence-electron chi connectivity index (χ1n) is 7.52. The Hall–Kier alpha value is -3.02. The zero-order chi connectivity index (χ0) is 17.5. The van der Waals surface area contributed by atoms with Crippen molar-refractivity contribution in [1.29, 1.82) is 0 Å². The lowest BCUT2D eigenvalue weighted by Gasteiger charge is -2.24. The van der Waals surface area contributed by atoms with Gasteiger partial charge in [0.15, 0.2) is 0 Å². The normalized spacial score (nSPS) is 11.5. The molecule has 0 saturated carbocycles. The molecule has 2 aromatic carbocycles. The highest BCUT2D eigenvalue weighted by atomic mass is 16.4. The second-order valence-electron chi connectivity index (χ2n) is 5.55. The van der Waals surface area contributed by atoms with E-state index in [1.165, 1.54) is 17.0 Å². The summed E-state index contributed by atoms with van der Waals surface area (Å²) in [5.41, 5.74) is 1.72. The molecule has 6 nitrogen and oxygen atoms in total. The minimum atomic E-state index is -1.25. The van der Waals surface area contributed by atoms with Crippen LogP contribution in [-0.4, -0.2) is 40.2 Å². The Morgan fingerprint density at radius 2 is 1.67 bits per heavy atom. The van der Waals surface area contributed by atoms with Crippen LogP contribution in [0.2, 0.25) is 0 Å². The average molecular weight is 328 g/mol. The molecule has 2 aromatic rings. The number of rotatable bonds is 6. The van der Waals surface area contributed by atoms with Crippen LogP contribution in [0.3, 0.4) is 0 Å². The maximum absolute atomic E-state index is 12.6. The van der Waals surface area contributed by atoms with E-state index in [2.05, 4.69) is 5.32 Å². The number of nitrogens with one attached hydrogen (secondary N) is 1. The van der Waals surface area contributed by atoms with E-state index in [0.29, 0.717) is 6.54 Å². The number of likely N-dealkylation sites (N-methyl/N-ethyl adjacent to an activating group) is 1. The van der Waals surface area contributed by atoms with Crippen molar-refractivity contribution in [2.24, 2.45) is 0 Å². The van der Waals surface area contributed by atoms with Crippen LogP contribution in [0, 0.1) is 0 Å². The Morgan fingerprint density at radius 1 is 1.04 bits per heavy atom. The third-order valence-corrected chi connectivity index (χ3v) is 3.61. The molecule has 0 heterocycles. The molecular weight excluding hydrogens is 308 g/mol. The first-order chi connectivity index (χ1) is 11.5. The summed E-state index contributed by atoms with van der Waals surface area (Å²) < 4.78 is 0. The summed E-state index contributed by atoms with van der Waals surface area (Å²) in [6.45, 7) is 0.396. The maximum Gasteiger partial charge on any atom is 0.405 e. The van der Waals surface area contributed by atoms with E-state index >= 15 is 0 Å². The molecular formula is C18H20N2O4. The Bertz CT molecular complexity index is 686. The number of nitrogens with zero attached hydrogens (tertiary/aromatic N) is 1. The van der Waals surface area contributed by atoms with Crippen molar-refractivity contribution >= 4 is 12.0 Å². The van der Waals surface area contributed by atoms with Gasteiger partial charge in [0.1, 0.15) is 11.8 Å². The SMILES string of the molecule is CN(Cc1ccccc1)C(=O)[C@H](Cc1ccc(O)cc1)NC(=O)O. The molecule has 3 N–H and O–H groups in total. The van der Waals surface area contributed by atoms with Gasteiger partial charge in [-0.15, -0.1) is 0 Å². The summed E-state index contributed by atoms with van der Waals surface area (Å²) in [4.78, 5) is 25.1. The van der Waals surface area contributed by atoms with Crippen LogP contribution in [0.4, 0.5) is 4.79 Å². The molecule has 2 amide bonds. The lowest BCUT2D eigenvalue weighted by Crippen LogP contribution is -2.48. The fourth-order valence-corrected chi connectivity index (χ4v) is 2.42. The summed E-state index contributed by atoms with van der Waals surface area (Å²) in [6.07, 6.45) is -1.04. The minimum absolute atomic E-state index is 0.119. The summed E-state index contributed by atoms with van der Waals surface area (Å²) in [6, 6.07) is 14.9. The van der Waals surface area contributed by atoms with Gasteiger partial charge in [0.25, 0.3) is 0 Å². The van der Waals surface area contributed by atoms with Crippen molar-refractivity contribution in [3.8, 4) is 5.75 Å². The molecule has 0 spiro atoms. The molecule has 2 rings (SSSR count). The molecule has 6 heteroatoms. The Kier molecular flexibility index (Phi) is 5.78. The molecule has 1 atom stereocenters. The summed E-state index contributed by atoms with van der Waals surface area (Å²) in [5.74, 6) is -0.191. The van der Waals surface area contributed by atoms with Crippen LogP contribution >= 0.6 is 0 Å². The standard InChI is InChI=1S/C18H20N2O4/c1-20(12-14-5-3-2-4-6-14)17(22)16(19-18(23)24)11-13-7-9-15(21)10-8-13/h2-10,16,19,21H,11-12H2,1H3,(H,23,24)/t16-/m0/s1. The molecule has 0 aliphatic heterocycles. The average Bonchev–Trinajstić information content (AvgIpc) is 2.56. The summed E-state index contributed by atoms with van der Waals surface area (Å²) in [7, 11) is 1.64. The van der Waals surface area contributed by atoms with Crippen LogP contribution < -0.4 is 5.32 Å². The highest BCUT2D eigenvalue weighted by molar-refractivity contribution is 5.85. The number of carboxylic acid groups (broad SMARTS) is 1. The largest absolute Gasteiger partial charge is 0.508 e. The number of carbonyl (C=O) groups is 2. The van der Waals surface area contributed by atoms with Crippen molar-refractivity contribution in [2.75, 3.05) is 7.05 Å². The fourth-order valence-electron chi connectivity index (χ4n) is 2.42. The highest BCUT2D eigenvalue weighted by Gasteiger charge is 2.24. The zero-order valence-electron chi connectivity index (χ0n) is 13.3. The van der Waals surface area contributed by atoms with E-state index in [1.807, 2.05) is 30.3 Å².